The second-order valence-electron chi connectivity index (χ2n) is 2.94. The van der Waals surface area contributed by atoms with Crippen LogP contribution in [0.15, 0.2) is 14.2 Å². The molecule has 2 rings (SSSR count). The Morgan fingerprint density at radius 3 is 2.57 bits per heavy atom. The number of fused-ring (bicyclic) bond motifs is 1. The van der Waals surface area contributed by atoms with Gasteiger partial charge in [-0.15, -0.1) is 0 Å². The summed E-state index contributed by atoms with van der Waals surface area (Å²) in [6.07, 6.45) is 0. The van der Waals surface area contributed by atoms with Crippen molar-refractivity contribution in [3.8, 4) is 0 Å². The van der Waals surface area contributed by atoms with E-state index in [1.807, 2.05) is 0 Å². The van der Waals surface area contributed by atoms with Gasteiger partial charge in [0.1, 0.15) is 10.1 Å². The summed E-state index contributed by atoms with van der Waals surface area (Å²) in [5.41, 5.74) is -0.0331. The molecular formula is C7H7BrN4O2. The molecule has 0 radical (unpaired) electrons. The normalized spacial score (nSPS) is 11.1. The van der Waals surface area contributed by atoms with Crippen LogP contribution in [-0.4, -0.2) is 19.3 Å². The molecule has 0 bridgehead atoms. The van der Waals surface area contributed by atoms with Crippen LogP contribution in [0.3, 0.4) is 0 Å². The molecule has 2 aromatic rings. The molecule has 2 heterocycles. The zero-order valence-corrected chi connectivity index (χ0v) is 9.12. The van der Waals surface area contributed by atoms with E-state index >= 15 is 0 Å². The Balaban J connectivity index is 3.22. The molecule has 0 unspecified atom stereocenters. The van der Waals surface area contributed by atoms with E-state index in [1.54, 1.807) is 7.05 Å². The second kappa shape index (κ2) is 2.81. The first kappa shape index (κ1) is 9.20. The molecule has 0 aromatic carbocycles. The number of hydrogen-bond donors (Lipinski definition) is 1. The maximum Gasteiger partial charge on any atom is 0.331 e. The Labute approximate surface area is 86.3 Å². The highest BCUT2D eigenvalue weighted by molar-refractivity contribution is 9.10. The number of hydrogen-bond acceptors (Lipinski definition) is 3. The molecule has 14 heavy (non-hydrogen) atoms. The standard InChI is InChI=1S/C7H7BrN4O2/c1-11-4-3(9-10-5(4)8)6(13)12(2)7(11)14/h1-2H3,(H,9,10). The minimum absolute atomic E-state index is 0.251. The Morgan fingerprint density at radius 1 is 1.29 bits per heavy atom. The van der Waals surface area contributed by atoms with Crippen molar-refractivity contribution in [2.75, 3.05) is 0 Å². The van der Waals surface area contributed by atoms with Gasteiger partial charge < -0.3 is 0 Å². The summed E-state index contributed by atoms with van der Waals surface area (Å²) in [5, 5.41) is 6.42. The number of H-pyrrole nitrogens is 1. The molecule has 6 nitrogen and oxygen atoms in total. The SMILES string of the molecule is Cn1c(=O)c2n[nH]c(Br)c2n(C)c1=O. The van der Waals surface area contributed by atoms with E-state index in [0.717, 1.165) is 4.57 Å². The third-order valence-electron chi connectivity index (χ3n) is 2.11. The number of aromatic nitrogens is 4. The van der Waals surface area contributed by atoms with Gasteiger partial charge in [0.2, 0.25) is 0 Å². The van der Waals surface area contributed by atoms with Crippen LogP contribution in [0.1, 0.15) is 0 Å². The van der Waals surface area contributed by atoms with Crippen LogP contribution in [0.4, 0.5) is 0 Å². The highest BCUT2D eigenvalue weighted by Crippen LogP contribution is 2.15. The van der Waals surface area contributed by atoms with Crippen molar-refractivity contribution in [3.05, 3.63) is 25.4 Å². The van der Waals surface area contributed by atoms with Gasteiger partial charge in [-0.05, 0) is 15.9 Å². The number of halogens is 1. The monoisotopic (exact) mass is 258 g/mol. The average molecular weight is 259 g/mol. The summed E-state index contributed by atoms with van der Waals surface area (Å²) >= 11 is 3.18. The average Bonchev–Trinajstić information content (AvgIpc) is 2.54. The molecule has 0 amide bonds. The molecule has 0 atom stereocenters. The van der Waals surface area contributed by atoms with Crippen LogP contribution < -0.4 is 11.2 Å². The van der Waals surface area contributed by atoms with Crippen molar-refractivity contribution in [2.24, 2.45) is 14.1 Å². The van der Waals surface area contributed by atoms with Gasteiger partial charge in [-0.1, -0.05) is 0 Å². The van der Waals surface area contributed by atoms with Crippen LogP contribution in [-0.2, 0) is 14.1 Å². The van der Waals surface area contributed by atoms with Gasteiger partial charge in [0.05, 0.1) is 0 Å². The molecule has 0 spiro atoms. The minimum atomic E-state index is -0.398. The lowest BCUT2D eigenvalue weighted by atomic mass is 10.4. The Bertz CT molecular complexity index is 621. The summed E-state index contributed by atoms with van der Waals surface area (Å²) in [5.74, 6) is 0. The molecule has 1 N–H and O–H groups in total. The van der Waals surface area contributed by atoms with Crippen LogP contribution in [0.25, 0.3) is 11.0 Å². The number of aromatic amines is 1. The molecule has 0 aliphatic rings. The van der Waals surface area contributed by atoms with Gasteiger partial charge in [0.25, 0.3) is 5.56 Å². The fourth-order valence-corrected chi connectivity index (χ4v) is 1.88. The number of nitrogens with one attached hydrogen (secondary N) is 1. The Morgan fingerprint density at radius 2 is 1.93 bits per heavy atom. The van der Waals surface area contributed by atoms with Crippen molar-refractivity contribution in [1.29, 1.82) is 0 Å². The van der Waals surface area contributed by atoms with Crippen LogP contribution in [0.2, 0.25) is 0 Å². The van der Waals surface area contributed by atoms with E-state index in [1.165, 1.54) is 11.6 Å². The number of nitrogens with zero attached hydrogens (tertiary/aromatic N) is 3. The molecule has 74 valence electrons. The first-order valence-electron chi connectivity index (χ1n) is 3.83. The van der Waals surface area contributed by atoms with Gasteiger partial charge >= 0.3 is 5.69 Å². The quantitative estimate of drug-likeness (QED) is 0.707. The first-order valence-corrected chi connectivity index (χ1v) is 4.63. The minimum Gasteiger partial charge on any atom is -0.292 e. The highest BCUT2D eigenvalue weighted by Gasteiger charge is 2.13. The van der Waals surface area contributed by atoms with Crippen LogP contribution in [0.5, 0.6) is 0 Å². The van der Waals surface area contributed by atoms with Gasteiger partial charge in [0.15, 0.2) is 5.52 Å². The summed E-state index contributed by atoms with van der Waals surface area (Å²) in [6, 6.07) is 0. The molecule has 0 aliphatic heterocycles. The molecule has 0 saturated heterocycles. The summed E-state index contributed by atoms with van der Waals surface area (Å²) in [7, 11) is 3.01. The molecule has 0 aliphatic carbocycles. The topological polar surface area (TPSA) is 72.7 Å². The zero-order chi connectivity index (χ0) is 10.5. The van der Waals surface area contributed by atoms with Gasteiger partial charge in [-0.2, -0.15) is 5.10 Å². The smallest absolute Gasteiger partial charge is 0.292 e. The summed E-state index contributed by atoms with van der Waals surface area (Å²) in [4.78, 5) is 23.1. The van der Waals surface area contributed by atoms with Crippen LogP contribution >= 0.6 is 15.9 Å². The molecule has 7 heteroatoms. The van der Waals surface area contributed by atoms with Gasteiger partial charge in [-0.25, -0.2) is 4.79 Å². The largest absolute Gasteiger partial charge is 0.331 e. The lowest BCUT2D eigenvalue weighted by molar-refractivity contribution is 0.712. The van der Waals surface area contributed by atoms with E-state index in [9.17, 15) is 9.59 Å². The first-order chi connectivity index (χ1) is 6.54. The van der Waals surface area contributed by atoms with Gasteiger partial charge in [0, 0.05) is 14.1 Å². The summed E-state index contributed by atoms with van der Waals surface area (Å²) in [6.45, 7) is 0. The predicted octanol–water partition coefficient (Wildman–Crippen LogP) is -0.277. The fourth-order valence-electron chi connectivity index (χ4n) is 1.34. The van der Waals surface area contributed by atoms with E-state index in [-0.39, 0.29) is 11.2 Å². The lowest BCUT2D eigenvalue weighted by Gasteiger charge is -2.01. The third kappa shape index (κ3) is 0.985. The molecule has 0 fully saturated rings. The number of rotatable bonds is 0. The second-order valence-corrected chi connectivity index (χ2v) is 3.73. The maximum atomic E-state index is 11.6. The zero-order valence-electron chi connectivity index (χ0n) is 7.54. The predicted molar refractivity (Wildman–Crippen MR) is 54.3 cm³/mol. The third-order valence-corrected chi connectivity index (χ3v) is 2.67. The highest BCUT2D eigenvalue weighted by atomic mass is 79.9. The number of aryl methyl sites for hydroxylation is 1. The molecular weight excluding hydrogens is 252 g/mol. The summed E-state index contributed by atoms with van der Waals surface area (Å²) < 4.78 is 2.92. The van der Waals surface area contributed by atoms with E-state index < -0.39 is 5.56 Å². The van der Waals surface area contributed by atoms with Crippen molar-refractivity contribution in [1.82, 2.24) is 19.3 Å². The van der Waals surface area contributed by atoms with E-state index in [4.69, 9.17) is 0 Å². The van der Waals surface area contributed by atoms with Crippen molar-refractivity contribution < 1.29 is 0 Å². The van der Waals surface area contributed by atoms with Crippen molar-refractivity contribution >= 4 is 27.0 Å². The van der Waals surface area contributed by atoms with Crippen molar-refractivity contribution in [2.45, 2.75) is 0 Å². The lowest BCUT2D eigenvalue weighted by Crippen LogP contribution is -2.36. The Kier molecular flexibility index (Phi) is 1.84. The van der Waals surface area contributed by atoms with E-state index in [2.05, 4.69) is 26.1 Å². The molecule has 2 aromatic heterocycles. The van der Waals surface area contributed by atoms with Crippen molar-refractivity contribution in [3.63, 3.8) is 0 Å². The van der Waals surface area contributed by atoms with Crippen LogP contribution in [0, 0.1) is 0 Å². The molecule has 0 saturated carbocycles. The maximum absolute atomic E-state index is 11.6. The Hall–Kier alpha value is -1.37. The van der Waals surface area contributed by atoms with E-state index in [0.29, 0.717) is 10.1 Å². The van der Waals surface area contributed by atoms with Gasteiger partial charge in [-0.3, -0.25) is 19.0 Å². The fraction of sp³-hybridized carbons (Fsp3) is 0.286.